The zero-order valence-electron chi connectivity index (χ0n) is 11.9. The molecule has 7 heteroatoms. The number of carbonyl (C=O) groups is 2. The summed E-state index contributed by atoms with van der Waals surface area (Å²) in [5.41, 5.74) is 0.928. The van der Waals surface area contributed by atoms with Crippen molar-refractivity contribution in [2.75, 3.05) is 11.6 Å². The third kappa shape index (κ3) is 3.14. The lowest BCUT2D eigenvalue weighted by Gasteiger charge is -2.03. The van der Waals surface area contributed by atoms with E-state index >= 15 is 0 Å². The van der Waals surface area contributed by atoms with Crippen molar-refractivity contribution in [3.05, 3.63) is 33.9 Å². The molecule has 21 heavy (non-hydrogen) atoms. The van der Waals surface area contributed by atoms with Gasteiger partial charge in [0.05, 0.1) is 5.56 Å². The van der Waals surface area contributed by atoms with Crippen molar-refractivity contribution in [2.24, 2.45) is 0 Å². The number of aromatic carboxylic acids is 1. The number of nitrogens with one attached hydrogen (secondary N) is 1. The molecule has 0 saturated carbocycles. The van der Waals surface area contributed by atoms with Crippen LogP contribution < -0.4 is 5.32 Å². The molecule has 2 aromatic heterocycles. The number of carboxylic acid groups (broad SMARTS) is 1. The van der Waals surface area contributed by atoms with Gasteiger partial charge < -0.3 is 14.8 Å². The summed E-state index contributed by atoms with van der Waals surface area (Å²) < 4.78 is 5.34. The largest absolute Gasteiger partial charge is 0.478 e. The van der Waals surface area contributed by atoms with E-state index < -0.39 is 11.9 Å². The van der Waals surface area contributed by atoms with Crippen molar-refractivity contribution in [2.45, 2.75) is 25.4 Å². The topological polar surface area (TPSA) is 79.5 Å². The Morgan fingerprint density at radius 2 is 2.14 bits per heavy atom. The number of aryl methyl sites for hydroxylation is 1. The third-order valence-corrected chi connectivity index (χ3v) is 4.69. The molecule has 2 heterocycles. The number of furan rings is 1. The van der Waals surface area contributed by atoms with Crippen molar-refractivity contribution in [1.29, 1.82) is 0 Å². The van der Waals surface area contributed by atoms with Crippen LogP contribution in [0.4, 0.5) is 5.00 Å². The highest BCUT2D eigenvalue weighted by molar-refractivity contribution is 7.98. The molecule has 5 nitrogen and oxygen atoms in total. The monoisotopic (exact) mass is 325 g/mol. The van der Waals surface area contributed by atoms with E-state index in [2.05, 4.69) is 5.32 Å². The molecule has 1 amide bonds. The summed E-state index contributed by atoms with van der Waals surface area (Å²) in [6.45, 7) is 3.74. The zero-order chi connectivity index (χ0) is 15.6. The molecule has 0 radical (unpaired) electrons. The fourth-order valence-electron chi connectivity index (χ4n) is 2.04. The predicted octanol–water partition coefficient (Wildman–Crippen LogP) is 3.88. The normalized spacial score (nSPS) is 10.6. The average Bonchev–Trinajstić information content (AvgIpc) is 3.02. The van der Waals surface area contributed by atoms with Crippen molar-refractivity contribution >= 4 is 40.0 Å². The van der Waals surface area contributed by atoms with Crippen LogP contribution in [0, 0.1) is 6.92 Å². The number of thiophene rings is 1. The highest BCUT2D eigenvalue weighted by atomic mass is 32.2. The third-order valence-electron chi connectivity index (χ3n) is 3.01. The summed E-state index contributed by atoms with van der Waals surface area (Å²) >= 11 is 2.66. The molecular weight excluding hydrogens is 310 g/mol. The van der Waals surface area contributed by atoms with E-state index in [-0.39, 0.29) is 11.3 Å². The van der Waals surface area contributed by atoms with Crippen LogP contribution in [-0.4, -0.2) is 23.2 Å². The molecule has 0 bridgehead atoms. The molecule has 0 atom stereocenters. The van der Waals surface area contributed by atoms with Gasteiger partial charge >= 0.3 is 5.97 Å². The van der Waals surface area contributed by atoms with E-state index in [0.717, 1.165) is 10.4 Å². The minimum absolute atomic E-state index is 0.166. The summed E-state index contributed by atoms with van der Waals surface area (Å²) in [5.74, 6) is -1.31. The Kier molecular flexibility index (Phi) is 4.74. The Morgan fingerprint density at radius 1 is 1.43 bits per heavy atom. The summed E-state index contributed by atoms with van der Waals surface area (Å²) in [4.78, 5) is 24.4. The summed E-state index contributed by atoms with van der Waals surface area (Å²) in [5, 5.41) is 13.0. The fraction of sp³-hybridized carbons (Fsp3) is 0.286. The van der Waals surface area contributed by atoms with Crippen LogP contribution in [-0.2, 0) is 6.42 Å². The standard InChI is InChI=1S/C14H15NO4S2/c1-4-8-7(2)21-13(11(8)14(17)18)15-12(16)9-5-6-10(19-9)20-3/h5-6H,4H2,1-3H3,(H,15,16)(H,17,18). The molecule has 112 valence electrons. The molecule has 2 rings (SSSR count). The second-order valence-electron chi connectivity index (χ2n) is 4.28. The minimum atomic E-state index is -1.03. The number of rotatable bonds is 5. The number of anilines is 1. The molecule has 0 spiro atoms. The van der Waals surface area contributed by atoms with E-state index in [0.29, 0.717) is 16.5 Å². The molecule has 0 aliphatic rings. The Morgan fingerprint density at radius 3 is 2.67 bits per heavy atom. The van der Waals surface area contributed by atoms with Gasteiger partial charge in [-0.15, -0.1) is 11.3 Å². The Labute approximate surface area is 130 Å². The van der Waals surface area contributed by atoms with Gasteiger partial charge in [0, 0.05) is 4.88 Å². The first-order chi connectivity index (χ1) is 9.97. The van der Waals surface area contributed by atoms with Gasteiger partial charge in [0.15, 0.2) is 10.9 Å². The van der Waals surface area contributed by atoms with E-state index in [9.17, 15) is 14.7 Å². The van der Waals surface area contributed by atoms with Crippen molar-refractivity contribution in [3.63, 3.8) is 0 Å². The molecule has 0 aliphatic heterocycles. The Hall–Kier alpha value is -1.73. The molecule has 0 fully saturated rings. The van der Waals surface area contributed by atoms with Gasteiger partial charge in [-0.3, -0.25) is 4.79 Å². The van der Waals surface area contributed by atoms with Crippen LogP contribution in [0.15, 0.2) is 21.6 Å². The van der Waals surface area contributed by atoms with Crippen LogP contribution in [0.25, 0.3) is 0 Å². The number of carbonyl (C=O) groups excluding carboxylic acids is 1. The summed E-state index contributed by atoms with van der Waals surface area (Å²) in [6, 6.07) is 3.28. The van der Waals surface area contributed by atoms with Gasteiger partial charge in [-0.25, -0.2) is 4.79 Å². The fourth-order valence-corrected chi connectivity index (χ4v) is 3.54. The smallest absolute Gasteiger partial charge is 0.339 e. The van der Waals surface area contributed by atoms with Gasteiger partial charge in [0.25, 0.3) is 5.91 Å². The molecule has 0 aliphatic carbocycles. The van der Waals surface area contributed by atoms with Crippen LogP contribution in [0.1, 0.15) is 38.3 Å². The maximum atomic E-state index is 12.1. The second kappa shape index (κ2) is 6.36. The van der Waals surface area contributed by atoms with Crippen LogP contribution in [0.3, 0.4) is 0 Å². The first-order valence-electron chi connectivity index (χ1n) is 6.28. The lowest BCUT2D eigenvalue weighted by atomic mass is 10.1. The number of hydrogen-bond acceptors (Lipinski definition) is 5. The van der Waals surface area contributed by atoms with Crippen molar-refractivity contribution < 1.29 is 19.1 Å². The van der Waals surface area contributed by atoms with Crippen LogP contribution >= 0.6 is 23.1 Å². The van der Waals surface area contributed by atoms with Gasteiger partial charge in [-0.1, -0.05) is 18.7 Å². The molecule has 2 aromatic rings. The summed E-state index contributed by atoms with van der Waals surface area (Å²) in [6.07, 6.45) is 2.45. The van der Waals surface area contributed by atoms with E-state index in [4.69, 9.17) is 4.42 Å². The van der Waals surface area contributed by atoms with E-state index in [1.807, 2.05) is 20.1 Å². The lowest BCUT2D eigenvalue weighted by molar-refractivity contribution is 0.0697. The quantitative estimate of drug-likeness (QED) is 0.815. The zero-order valence-corrected chi connectivity index (χ0v) is 13.5. The number of amides is 1. The van der Waals surface area contributed by atoms with Gasteiger partial charge in [0.1, 0.15) is 5.00 Å². The average molecular weight is 325 g/mol. The molecule has 0 saturated heterocycles. The lowest BCUT2D eigenvalue weighted by Crippen LogP contribution is -2.13. The molecular formula is C14H15NO4S2. The Balaban J connectivity index is 2.31. The minimum Gasteiger partial charge on any atom is -0.478 e. The first-order valence-corrected chi connectivity index (χ1v) is 8.32. The Bertz CT molecular complexity index is 687. The molecule has 0 unspecified atom stereocenters. The van der Waals surface area contributed by atoms with Crippen molar-refractivity contribution in [1.82, 2.24) is 0 Å². The van der Waals surface area contributed by atoms with E-state index in [1.54, 1.807) is 12.1 Å². The first kappa shape index (κ1) is 15.7. The number of carboxylic acids is 1. The van der Waals surface area contributed by atoms with E-state index in [1.165, 1.54) is 23.1 Å². The van der Waals surface area contributed by atoms with Crippen LogP contribution in [0.2, 0.25) is 0 Å². The maximum absolute atomic E-state index is 12.1. The van der Waals surface area contributed by atoms with Crippen LogP contribution in [0.5, 0.6) is 0 Å². The van der Waals surface area contributed by atoms with Gasteiger partial charge in [-0.05, 0) is 37.3 Å². The summed E-state index contributed by atoms with van der Waals surface area (Å²) in [7, 11) is 0. The number of hydrogen-bond donors (Lipinski definition) is 2. The van der Waals surface area contributed by atoms with Gasteiger partial charge in [0.2, 0.25) is 0 Å². The highest BCUT2D eigenvalue weighted by Gasteiger charge is 2.23. The molecule has 2 N–H and O–H groups in total. The predicted molar refractivity (Wildman–Crippen MR) is 83.8 cm³/mol. The SMILES string of the molecule is CCc1c(C)sc(NC(=O)c2ccc(SC)o2)c1C(=O)O. The molecule has 0 aromatic carbocycles. The van der Waals surface area contributed by atoms with Crippen molar-refractivity contribution in [3.8, 4) is 0 Å². The maximum Gasteiger partial charge on any atom is 0.339 e. The van der Waals surface area contributed by atoms with Gasteiger partial charge in [-0.2, -0.15) is 0 Å². The second-order valence-corrected chi connectivity index (χ2v) is 6.31. The number of thioether (sulfide) groups is 1. The highest BCUT2D eigenvalue weighted by Crippen LogP contribution is 2.34.